The van der Waals surface area contributed by atoms with Gasteiger partial charge in [0, 0.05) is 41.1 Å². The van der Waals surface area contributed by atoms with E-state index >= 15 is 0 Å². The maximum atomic E-state index is 13.6. The van der Waals surface area contributed by atoms with Crippen LogP contribution in [0.1, 0.15) is 53.7 Å². The molecule has 8 heteroatoms. The summed E-state index contributed by atoms with van der Waals surface area (Å²) in [6.07, 6.45) is 7.12. The number of halogens is 2. The van der Waals surface area contributed by atoms with Crippen LogP contribution in [-0.2, 0) is 13.1 Å². The maximum Gasteiger partial charge on any atom is 0.288 e. The predicted octanol–water partition coefficient (Wildman–Crippen LogP) is 6.73. The van der Waals surface area contributed by atoms with Crippen LogP contribution in [0, 0.1) is 10.1 Å². The summed E-state index contributed by atoms with van der Waals surface area (Å²) in [5.74, 6) is -0.216. The molecule has 1 heterocycles. The fourth-order valence-corrected chi connectivity index (χ4v) is 4.82. The number of carbonyl (C=O) groups excluding carboxylic acids is 1. The van der Waals surface area contributed by atoms with Gasteiger partial charge in [-0.05, 0) is 48.7 Å². The van der Waals surface area contributed by atoms with Gasteiger partial charge in [0.05, 0.1) is 11.5 Å². The van der Waals surface area contributed by atoms with E-state index in [1.807, 2.05) is 47.5 Å². The largest absolute Gasteiger partial charge is 0.345 e. The monoisotopic (exact) mass is 485 g/mol. The van der Waals surface area contributed by atoms with Crippen LogP contribution in [0.25, 0.3) is 0 Å². The minimum absolute atomic E-state index is 0.0226. The minimum Gasteiger partial charge on any atom is -0.345 e. The average molecular weight is 486 g/mol. The van der Waals surface area contributed by atoms with Crippen molar-refractivity contribution in [3.8, 4) is 0 Å². The van der Waals surface area contributed by atoms with Crippen molar-refractivity contribution in [3.63, 3.8) is 0 Å². The van der Waals surface area contributed by atoms with E-state index in [2.05, 4.69) is 4.57 Å². The molecule has 33 heavy (non-hydrogen) atoms. The second kappa shape index (κ2) is 10.4. The number of rotatable bonds is 7. The van der Waals surface area contributed by atoms with Crippen LogP contribution in [0.15, 0.2) is 60.8 Å². The molecule has 0 unspecified atom stereocenters. The zero-order chi connectivity index (χ0) is 23.4. The lowest BCUT2D eigenvalue weighted by Crippen LogP contribution is -2.41. The molecule has 0 bridgehead atoms. The van der Waals surface area contributed by atoms with Gasteiger partial charge in [0.2, 0.25) is 0 Å². The summed E-state index contributed by atoms with van der Waals surface area (Å²) in [4.78, 5) is 26.3. The van der Waals surface area contributed by atoms with Gasteiger partial charge in [0.15, 0.2) is 0 Å². The van der Waals surface area contributed by atoms with Crippen molar-refractivity contribution in [3.05, 3.63) is 97.8 Å². The van der Waals surface area contributed by atoms with Gasteiger partial charge in [-0.3, -0.25) is 14.9 Å². The highest BCUT2D eigenvalue weighted by molar-refractivity contribution is 6.32. The Kier molecular flexibility index (Phi) is 7.36. The fourth-order valence-electron chi connectivity index (χ4n) is 4.44. The Bertz CT molecular complexity index is 1160. The molecule has 4 rings (SSSR count). The summed E-state index contributed by atoms with van der Waals surface area (Å²) in [5.41, 5.74) is 2.01. The molecule has 0 aliphatic heterocycles. The van der Waals surface area contributed by atoms with Gasteiger partial charge in [0.1, 0.15) is 5.02 Å². The van der Waals surface area contributed by atoms with Crippen LogP contribution in [0.4, 0.5) is 5.69 Å². The van der Waals surface area contributed by atoms with Crippen LogP contribution in [0.3, 0.4) is 0 Å². The van der Waals surface area contributed by atoms with E-state index in [1.54, 1.807) is 6.07 Å². The smallest absolute Gasteiger partial charge is 0.288 e. The van der Waals surface area contributed by atoms with Crippen molar-refractivity contribution in [2.24, 2.45) is 0 Å². The van der Waals surface area contributed by atoms with E-state index in [0.29, 0.717) is 18.1 Å². The molecule has 0 atom stereocenters. The molecule has 1 aliphatic carbocycles. The Balaban J connectivity index is 1.63. The zero-order valence-electron chi connectivity index (χ0n) is 18.1. The van der Waals surface area contributed by atoms with E-state index in [0.717, 1.165) is 43.4 Å². The molecule has 1 fully saturated rings. The first-order chi connectivity index (χ1) is 15.9. The third-order valence-electron chi connectivity index (χ3n) is 6.22. The van der Waals surface area contributed by atoms with Gasteiger partial charge in [0.25, 0.3) is 11.6 Å². The lowest BCUT2D eigenvalue weighted by Gasteiger charge is -2.35. The quantitative estimate of drug-likeness (QED) is 0.275. The number of nitro benzene ring substituents is 1. The molecular formula is C25H25Cl2N3O3. The topological polar surface area (TPSA) is 68.4 Å². The van der Waals surface area contributed by atoms with Gasteiger partial charge >= 0.3 is 0 Å². The number of hydrogen-bond acceptors (Lipinski definition) is 3. The normalized spacial score (nSPS) is 14.2. The fraction of sp³-hybridized carbons (Fsp3) is 0.320. The van der Waals surface area contributed by atoms with E-state index < -0.39 is 4.92 Å². The van der Waals surface area contributed by atoms with Gasteiger partial charge in [-0.25, -0.2) is 0 Å². The summed E-state index contributed by atoms with van der Waals surface area (Å²) in [7, 11) is 0. The van der Waals surface area contributed by atoms with E-state index in [4.69, 9.17) is 23.2 Å². The third-order valence-corrected chi connectivity index (χ3v) is 6.91. The first kappa shape index (κ1) is 23.3. The number of carbonyl (C=O) groups is 1. The Hall–Kier alpha value is -2.83. The number of nitrogens with zero attached hydrogens (tertiary/aromatic N) is 3. The molecule has 3 aromatic rings. The Morgan fingerprint density at radius 1 is 1.03 bits per heavy atom. The third kappa shape index (κ3) is 5.40. The van der Waals surface area contributed by atoms with Gasteiger partial charge in [-0.15, -0.1) is 0 Å². The van der Waals surface area contributed by atoms with Crippen molar-refractivity contribution in [1.29, 1.82) is 0 Å². The van der Waals surface area contributed by atoms with Crippen molar-refractivity contribution in [2.75, 3.05) is 0 Å². The molecule has 1 aliphatic rings. The molecule has 6 nitrogen and oxygen atoms in total. The van der Waals surface area contributed by atoms with Gasteiger partial charge in [-0.2, -0.15) is 0 Å². The molecule has 0 saturated heterocycles. The number of hydrogen-bond donors (Lipinski definition) is 0. The Morgan fingerprint density at radius 2 is 1.79 bits per heavy atom. The molecule has 0 spiro atoms. The lowest BCUT2D eigenvalue weighted by molar-refractivity contribution is -0.384. The van der Waals surface area contributed by atoms with Crippen molar-refractivity contribution >= 4 is 34.8 Å². The van der Waals surface area contributed by atoms with E-state index in [9.17, 15) is 14.9 Å². The molecule has 1 aromatic heterocycles. The summed E-state index contributed by atoms with van der Waals surface area (Å²) in [6, 6.07) is 16.0. The summed E-state index contributed by atoms with van der Waals surface area (Å²) >= 11 is 12.3. The second-order valence-corrected chi connectivity index (χ2v) is 9.18. The van der Waals surface area contributed by atoms with Crippen LogP contribution in [0.2, 0.25) is 10.0 Å². The molecule has 0 radical (unpaired) electrons. The second-order valence-electron chi connectivity index (χ2n) is 8.37. The van der Waals surface area contributed by atoms with Crippen molar-refractivity contribution < 1.29 is 9.72 Å². The molecule has 1 amide bonds. The zero-order valence-corrected chi connectivity index (χ0v) is 19.6. The molecule has 2 aromatic carbocycles. The van der Waals surface area contributed by atoms with Crippen LogP contribution in [0.5, 0.6) is 0 Å². The molecule has 172 valence electrons. The molecular weight excluding hydrogens is 461 g/mol. The Labute approximate surface area is 202 Å². The van der Waals surface area contributed by atoms with Gasteiger partial charge in [-0.1, -0.05) is 60.7 Å². The van der Waals surface area contributed by atoms with Crippen LogP contribution < -0.4 is 0 Å². The van der Waals surface area contributed by atoms with Crippen molar-refractivity contribution in [2.45, 2.75) is 51.2 Å². The molecule has 0 N–H and O–H groups in total. The van der Waals surface area contributed by atoms with E-state index in [1.165, 1.54) is 12.1 Å². The average Bonchev–Trinajstić information content (AvgIpc) is 3.26. The number of amides is 1. The predicted molar refractivity (Wildman–Crippen MR) is 130 cm³/mol. The van der Waals surface area contributed by atoms with Crippen LogP contribution in [-0.4, -0.2) is 26.3 Å². The van der Waals surface area contributed by atoms with Crippen molar-refractivity contribution in [1.82, 2.24) is 9.47 Å². The Morgan fingerprint density at radius 3 is 2.52 bits per heavy atom. The van der Waals surface area contributed by atoms with E-state index in [-0.39, 0.29) is 28.2 Å². The summed E-state index contributed by atoms with van der Waals surface area (Å²) in [5, 5.41) is 12.1. The minimum atomic E-state index is -0.557. The SMILES string of the molecule is O=C(c1ccc(Cl)c([N+](=O)[O-])c1)N(Cc1cccn1Cc1ccccc1Cl)C1CCCCC1. The first-order valence-corrected chi connectivity index (χ1v) is 11.8. The first-order valence-electron chi connectivity index (χ1n) is 11.1. The highest BCUT2D eigenvalue weighted by atomic mass is 35.5. The summed E-state index contributed by atoms with van der Waals surface area (Å²) < 4.78 is 2.09. The van der Waals surface area contributed by atoms with Crippen LogP contribution >= 0.6 is 23.2 Å². The number of nitro groups is 1. The highest BCUT2D eigenvalue weighted by Gasteiger charge is 2.28. The highest BCUT2D eigenvalue weighted by Crippen LogP contribution is 2.29. The number of aromatic nitrogens is 1. The molecule has 1 saturated carbocycles. The number of benzene rings is 2. The maximum absolute atomic E-state index is 13.6. The van der Waals surface area contributed by atoms with Gasteiger partial charge < -0.3 is 9.47 Å². The lowest BCUT2D eigenvalue weighted by atomic mass is 9.93. The standard InChI is InChI=1S/C25H25Cl2N3O3/c26-22-11-5-4-7-19(22)16-28-14-6-10-21(28)17-29(20-8-2-1-3-9-20)25(31)18-12-13-23(27)24(15-18)30(32)33/h4-7,10-15,20H,1-3,8-9,16-17H2. The summed E-state index contributed by atoms with van der Waals surface area (Å²) in [6.45, 7) is 1.01.